The maximum Gasteiger partial charge on any atom is 0.573 e. The Labute approximate surface area is 172 Å². The van der Waals surface area contributed by atoms with E-state index in [4.69, 9.17) is 4.74 Å². The lowest BCUT2D eigenvalue weighted by molar-refractivity contribution is -0.274. The van der Waals surface area contributed by atoms with E-state index in [0.717, 1.165) is 23.5 Å². The van der Waals surface area contributed by atoms with E-state index in [0.29, 0.717) is 11.3 Å². The second-order valence-corrected chi connectivity index (χ2v) is 6.60. The van der Waals surface area contributed by atoms with E-state index in [-0.39, 0.29) is 16.5 Å². The predicted molar refractivity (Wildman–Crippen MR) is 104 cm³/mol. The van der Waals surface area contributed by atoms with Crippen LogP contribution in [0.5, 0.6) is 11.5 Å². The van der Waals surface area contributed by atoms with Crippen molar-refractivity contribution in [2.45, 2.75) is 6.36 Å². The van der Waals surface area contributed by atoms with Crippen molar-refractivity contribution in [3.8, 4) is 11.5 Å². The number of alkyl halides is 3. The van der Waals surface area contributed by atoms with Crippen molar-refractivity contribution in [1.82, 2.24) is 4.98 Å². The highest BCUT2D eigenvalue weighted by Gasteiger charge is 2.31. The molecule has 0 atom stereocenters. The molecule has 0 spiro atoms. The number of thiazole rings is 1. The van der Waals surface area contributed by atoms with E-state index in [9.17, 15) is 22.8 Å². The number of rotatable bonds is 6. The van der Waals surface area contributed by atoms with Crippen molar-refractivity contribution in [2.75, 3.05) is 17.7 Å². The molecule has 0 bridgehead atoms. The highest BCUT2D eigenvalue weighted by atomic mass is 32.1. The van der Waals surface area contributed by atoms with Gasteiger partial charge in [0.05, 0.1) is 7.11 Å². The van der Waals surface area contributed by atoms with Gasteiger partial charge in [-0.05, 0) is 48.5 Å². The molecule has 0 saturated carbocycles. The van der Waals surface area contributed by atoms with Crippen molar-refractivity contribution in [1.29, 1.82) is 0 Å². The maximum atomic E-state index is 12.3. The number of aromatic nitrogens is 1. The zero-order valence-electron chi connectivity index (χ0n) is 15.3. The topological polar surface area (TPSA) is 89.5 Å². The van der Waals surface area contributed by atoms with E-state index in [2.05, 4.69) is 20.4 Å². The lowest BCUT2D eigenvalue weighted by atomic mass is 10.2. The van der Waals surface area contributed by atoms with E-state index in [1.165, 1.54) is 24.6 Å². The fraction of sp³-hybridized carbons (Fsp3) is 0.105. The van der Waals surface area contributed by atoms with E-state index < -0.39 is 23.9 Å². The number of methoxy groups -OCH3 is 1. The standard InChI is InChI=1S/C19H14F3N3O4S/c1-28-13-6-2-11(3-7-13)16(26)25-18-24-15(10-30-18)17(27)23-12-4-8-14(9-5-12)29-19(20,21)22/h2-10H,1H3,(H,23,27)(H,24,25,26). The highest BCUT2D eigenvalue weighted by Crippen LogP contribution is 2.24. The van der Waals surface area contributed by atoms with E-state index >= 15 is 0 Å². The molecule has 3 aromatic rings. The lowest BCUT2D eigenvalue weighted by Gasteiger charge is -2.09. The molecule has 11 heteroatoms. The third kappa shape index (κ3) is 5.70. The summed E-state index contributed by atoms with van der Waals surface area (Å²) in [7, 11) is 1.52. The number of carbonyl (C=O) groups excluding carboxylic acids is 2. The summed E-state index contributed by atoms with van der Waals surface area (Å²) in [5, 5.41) is 6.75. The van der Waals surface area contributed by atoms with Crippen LogP contribution in [-0.2, 0) is 0 Å². The Hall–Kier alpha value is -3.60. The molecule has 156 valence electrons. The fourth-order valence-corrected chi connectivity index (χ4v) is 2.97. The van der Waals surface area contributed by atoms with E-state index in [1.54, 1.807) is 24.3 Å². The average molecular weight is 437 g/mol. The summed E-state index contributed by atoms with van der Waals surface area (Å²) in [6.45, 7) is 0. The van der Waals surface area contributed by atoms with Crippen molar-refractivity contribution in [3.05, 3.63) is 65.2 Å². The van der Waals surface area contributed by atoms with E-state index in [1.807, 2.05) is 0 Å². The molecule has 7 nitrogen and oxygen atoms in total. The van der Waals surface area contributed by atoms with Gasteiger partial charge in [0.2, 0.25) is 0 Å². The molecule has 0 fully saturated rings. The molecule has 30 heavy (non-hydrogen) atoms. The molecule has 0 radical (unpaired) electrons. The summed E-state index contributed by atoms with van der Waals surface area (Å²) in [4.78, 5) is 28.5. The number of carbonyl (C=O) groups is 2. The summed E-state index contributed by atoms with van der Waals surface area (Å²) in [6.07, 6.45) is -4.79. The van der Waals surface area contributed by atoms with Crippen molar-refractivity contribution in [2.24, 2.45) is 0 Å². The SMILES string of the molecule is COc1ccc(C(=O)Nc2nc(C(=O)Nc3ccc(OC(F)(F)F)cc3)cs2)cc1. The van der Waals surface area contributed by atoms with Gasteiger partial charge in [-0.2, -0.15) is 0 Å². The third-order valence-electron chi connectivity index (χ3n) is 3.66. The molecule has 2 N–H and O–H groups in total. The number of amides is 2. The van der Waals surface area contributed by atoms with Crippen LogP contribution < -0.4 is 20.1 Å². The summed E-state index contributed by atoms with van der Waals surface area (Å²) in [6, 6.07) is 11.1. The second kappa shape index (κ2) is 8.82. The van der Waals surface area contributed by atoms with Gasteiger partial charge in [0.1, 0.15) is 17.2 Å². The number of hydrogen-bond acceptors (Lipinski definition) is 6. The minimum absolute atomic E-state index is 0.0423. The molecule has 3 rings (SSSR count). The largest absolute Gasteiger partial charge is 0.573 e. The van der Waals surface area contributed by atoms with Gasteiger partial charge in [-0.25, -0.2) is 4.98 Å². The number of nitrogens with zero attached hydrogens (tertiary/aromatic N) is 1. The Bertz CT molecular complexity index is 1030. The summed E-state index contributed by atoms with van der Waals surface area (Å²) in [5.74, 6) is -0.782. The molecular formula is C19H14F3N3O4S. The zero-order valence-corrected chi connectivity index (χ0v) is 16.1. The van der Waals surface area contributed by atoms with Gasteiger partial charge in [-0.1, -0.05) is 0 Å². The van der Waals surface area contributed by atoms with Crippen LogP contribution in [0.1, 0.15) is 20.8 Å². The first kappa shape index (κ1) is 21.1. The van der Waals surface area contributed by atoms with Crippen molar-refractivity contribution >= 4 is 34.0 Å². The van der Waals surface area contributed by atoms with Crippen LogP contribution in [0.15, 0.2) is 53.9 Å². The minimum atomic E-state index is -4.79. The number of hydrogen-bond donors (Lipinski definition) is 2. The van der Waals surface area contributed by atoms with Gasteiger partial charge in [0.15, 0.2) is 5.13 Å². The Morgan fingerprint density at radius 3 is 2.17 bits per heavy atom. The molecular weight excluding hydrogens is 423 g/mol. The highest BCUT2D eigenvalue weighted by molar-refractivity contribution is 7.14. The van der Waals surface area contributed by atoms with Gasteiger partial charge >= 0.3 is 6.36 Å². The third-order valence-corrected chi connectivity index (χ3v) is 4.41. The number of nitrogens with one attached hydrogen (secondary N) is 2. The van der Waals surface area contributed by atoms with Gasteiger partial charge in [0, 0.05) is 16.6 Å². The summed E-state index contributed by atoms with van der Waals surface area (Å²) in [5.41, 5.74) is 0.685. The number of benzene rings is 2. The summed E-state index contributed by atoms with van der Waals surface area (Å²) < 4.78 is 45.3. The van der Waals surface area contributed by atoms with Crippen LogP contribution in [0.25, 0.3) is 0 Å². The quantitative estimate of drug-likeness (QED) is 0.590. The molecule has 1 heterocycles. The Morgan fingerprint density at radius 2 is 1.57 bits per heavy atom. The van der Waals surface area contributed by atoms with Crippen LogP contribution in [0.3, 0.4) is 0 Å². The normalized spacial score (nSPS) is 10.9. The first-order valence-electron chi connectivity index (χ1n) is 8.31. The molecule has 2 amide bonds. The van der Waals surface area contributed by atoms with Gasteiger partial charge < -0.3 is 14.8 Å². The maximum absolute atomic E-state index is 12.3. The predicted octanol–water partition coefficient (Wildman–Crippen LogP) is 4.55. The number of ether oxygens (including phenoxy) is 2. The zero-order chi connectivity index (χ0) is 21.7. The Balaban J connectivity index is 1.59. The van der Waals surface area contributed by atoms with Crippen LogP contribution in [0.2, 0.25) is 0 Å². The lowest BCUT2D eigenvalue weighted by Crippen LogP contribution is -2.17. The smallest absolute Gasteiger partial charge is 0.497 e. The second-order valence-electron chi connectivity index (χ2n) is 5.75. The van der Waals surface area contributed by atoms with Gasteiger partial charge in [-0.15, -0.1) is 24.5 Å². The van der Waals surface area contributed by atoms with Gasteiger partial charge in [-0.3, -0.25) is 14.9 Å². The van der Waals surface area contributed by atoms with Gasteiger partial charge in [0.25, 0.3) is 11.8 Å². The van der Waals surface area contributed by atoms with Crippen LogP contribution in [0, 0.1) is 0 Å². The molecule has 0 saturated heterocycles. The average Bonchev–Trinajstić information content (AvgIpc) is 3.17. The monoisotopic (exact) mass is 437 g/mol. The first-order chi connectivity index (χ1) is 14.2. The molecule has 2 aromatic carbocycles. The van der Waals surface area contributed by atoms with Crippen LogP contribution >= 0.6 is 11.3 Å². The fourth-order valence-electron chi connectivity index (χ4n) is 2.28. The Kier molecular flexibility index (Phi) is 6.21. The Morgan fingerprint density at radius 1 is 0.933 bits per heavy atom. The summed E-state index contributed by atoms with van der Waals surface area (Å²) >= 11 is 1.05. The van der Waals surface area contributed by atoms with Crippen LogP contribution in [-0.4, -0.2) is 30.3 Å². The van der Waals surface area contributed by atoms with Crippen molar-refractivity contribution < 1.29 is 32.2 Å². The molecule has 0 aliphatic rings. The molecule has 0 aliphatic carbocycles. The van der Waals surface area contributed by atoms with Crippen molar-refractivity contribution in [3.63, 3.8) is 0 Å². The van der Waals surface area contributed by atoms with Crippen LogP contribution in [0.4, 0.5) is 24.0 Å². The molecule has 0 unspecified atom stereocenters. The number of anilines is 2. The molecule has 0 aliphatic heterocycles. The molecule has 1 aromatic heterocycles. The first-order valence-corrected chi connectivity index (χ1v) is 9.19. The minimum Gasteiger partial charge on any atom is -0.497 e. The number of halogens is 3.